The summed E-state index contributed by atoms with van der Waals surface area (Å²) in [4.78, 5) is 56.3. The third kappa shape index (κ3) is 11.4. The molecule has 17 nitrogen and oxygen atoms in total. The van der Waals surface area contributed by atoms with E-state index < -0.39 is 29.5 Å². The first-order valence-corrected chi connectivity index (χ1v) is 18.3. The Kier molecular flexibility index (Phi) is 15.7. The lowest BCUT2D eigenvalue weighted by atomic mass is 10.1. The van der Waals surface area contributed by atoms with Crippen molar-refractivity contribution in [2.75, 3.05) is 57.3 Å². The van der Waals surface area contributed by atoms with Crippen LogP contribution >= 0.6 is 0 Å². The van der Waals surface area contributed by atoms with Gasteiger partial charge in [-0.1, -0.05) is 26.0 Å². The third-order valence-corrected chi connectivity index (χ3v) is 7.98. The highest BCUT2D eigenvalue weighted by Crippen LogP contribution is 2.33. The zero-order valence-corrected chi connectivity index (χ0v) is 33.9. The number of fused-ring (bicyclic) bond motifs is 1. The fourth-order valence-electron chi connectivity index (χ4n) is 5.45. The number of anilines is 3. The van der Waals surface area contributed by atoms with Gasteiger partial charge in [0.2, 0.25) is 11.9 Å². The van der Waals surface area contributed by atoms with E-state index in [1.165, 1.54) is 31.3 Å². The Morgan fingerprint density at radius 3 is 2.32 bits per heavy atom. The van der Waals surface area contributed by atoms with Crippen LogP contribution in [0.1, 0.15) is 84.9 Å². The number of nitrogens with two attached hydrogens (primary N) is 2. The van der Waals surface area contributed by atoms with Crippen LogP contribution in [0.5, 0.6) is 11.5 Å². The summed E-state index contributed by atoms with van der Waals surface area (Å²) in [6, 6.07) is 7.78. The average molecular weight is 778 g/mol. The number of amides is 3. The maximum Gasteiger partial charge on any atom is 0.410 e. The molecule has 6 N–H and O–H groups in total. The maximum atomic E-state index is 13.4. The fraction of sp³-hybridized carbons (Fsp3) is 0.436. The van der Waals surface area contributed by atoms with E-state index in [1.54, 1.807) is 62.2 Å². The molecule has 0 atom stereocenters. The number of aromatic nitrogens is 4. The van der Waals surface area contributed by atoms with E-state index in [-0.39, 0.29) is 42.5 Å². The molecule has 4 rings (SSSR count). The largest absolute Gasteiger partial charge is 0.494 e. The lowest BCUT2D eigenvalue weighted by Crippen LogP contribution is -2.35. The number of hydrogen-bond acceptors (Lipinski definition) is 12. The molecule has 0 spiro atoms. The van der Waals surface area contributed by atoms with Crippen LogP contribution in [-0.4, -0.2) is 94.7 Å². The monoisotopic (exact) mass is 777 g/mol. The van der Waals surface area contributed by atoms with Gasteiger partial charge in [-0.3, -0.25) is 19.6 Å². The molecule has 0 aliphatic carbocycles. The number of nitrogens with zero attached hydrogens (tertiary/aromatic N) is 5. The van der Waals surface area contributed by atoms with Gasteiger partial charge < -0.3 is 45.2 Å². The molecule has 0 aliphatic heterocycles. The quantitative estimate of drug-likeness (QED) is 0.0471. The van der Waals surface area contributed by atoms with Crippen molar-refractivity contribution in [3.63, 3.8) is 0 Å². The Balaban J connectivity index is 0.00000414. The molecule has 17 heteroatoms. The molecule has 56 heavy (non-hydrogen) atoms. The lowest BCUT2D eigenvalue weighted by molar-refractivity contribution is 0.0291. The molecule has 2 aromatic carbocycles. The first-order valence-electron chi connectivity index (χ1n) is 18.3. The molecule has 0 unspecified atom stereocenters. The molecular weight excluding hydrogens is 722 g/mol. The first-order chi connectivity index (χ1) is 26.6. The first kappa shape index (κ1) is 44.1. The minimum absolute atomic E-state index is 0.178. The molecule has 2 heterocycles. The summed E-state index contributed by atoms with van der Waals surface area (Å²) in [5, 5.41) is 10.5. The predicted octanol–water partition coefficient (Wildman–Crippen LogP) is 5.62. The van der Waals surface area contributed by atoms with Crippen LogP contribution in [0.2, 0.25) is 0 Å². The fourth-order valence-corrected chi connectivity index (χ4v) is 5.45. The minimum atomic E-state index is -0.665. The number of allylic oxidation sites excluding steroid dienone is 1. The van der Waals surface area contributed by atoms with Gasteiger partial charge >= 0.3 is 12.1 Å². The van der Waals surface area contributed by atoms with Gasteiger partial charge in [0.05, 0.1) is 43.3 Å². The number of aryl methyl sites for hydroxylation is 2. The Bertz CT molecular complexity index is 2050. The molecule has 0 aliphatic rings. The Morgan fingerprint density at radius 2 is 1.70 bits per heavy atom. The van der Waals surface area contributed by atoms with Crippen LogP contribution in [0.3, 0.4) is 0 Å². The number of methoxy groups -OCH3 is 2. The van der Waals surface area contributed by atoms with Crippen molar-refractivity contribution in [1.29, 1.82) is 0 Å². The summed E-state index contributed by atoms with van der Waals surface area (Å²) < 4.78 is 25.3. The number of esters is 1. The summed E-state index contributed by atoms with van der Waals surface area (Å²) in [7, 11) is 4.39. The molecule has 4 aromatic rings. The second-order valence-electron chi connectivity index (χ2n) is 13.3. The number of benzene rings is 2. The van der Waals surface area contributed by atoms with Gasteiger partial charge in [0, 0.05) is 38.8 Å². The number of rotatable bonds is 16. The summed E-state index contributed by atoms with van der Waals surface area (Å²) in [5.74, 6) is -0.761. The van der Waals surface area contributed by atoms with E-state index in [4.69, 9.17) is 30.4 Å². The smallest absolute Gasteiger partial charge is 0.410 e. The third-order valence-electron chi connectivity index (χ3n) is 7.98. The number of carbonyl (C=O) groups is 4. The highest BCUT2D eigenvalue weighted by molar-refractivity contribution is 6.04. The van der Waals surface area contributed by atoms with E-state index in [2.05, 4.69) is 20.7 Å². The van der Waals surface area contributed by atoms with Crippen molar-refractivity contribution in [2.24, 2.45) is 5.73 Å². The van der Waals surface area contributed by atoms with Crippen LogP contribution in [0.25, 0.3) is 11.0 Å². The van der Waals surface area contributed by atoms with Gasteiger partial charge in [-0.2, -0.15) is 5.10 Å². The second kappa shape index (κ2) is 19.9. The molecule has 0 radical (unpaired) electrons. The second-order valence-corrected chi connectivity index (χ2v) is 13.3. The number of carbonyl (C=O) groups excluding carboxylic acids is 4. The predicted molar refractivity (Wildman–Crippen MR) is 216 cm³/mol. The normalized spacial score (nSPS) is 11.1. The van der Waals surface area contributed by atoms with Crippen molar-refractivity contribution in [1.82, 2.24) is 24.2 Å². The highest BCUT2D eigenvalue weighted by Gasteiger charge is 2.23. The summed E-state index contributed by atoms with van der Waals surface area (Å²) >= 11 is 0. The van der Waals surface area contributed by atoms with Crippen LogP contribution in [-0.2, 0) is 22.6 Å². The van der Waals surface area contributed by atoms with Crippen molar-refractivity contribution in [3.05, 3.63) is 65.0 Å². The van der Waals surface area contributed by atoms with E-state index in [1.807, 2.05) is 32.9 Å². The van der Waals surface area contributed by atoms with Crippen LogP contribution < -0.4 is 31.6 Å². The molecule has 3 amide bonds. The molecule has 0 bridgehead atoms. The summed E-state index contributed by atoms with van der Waals surface area (Å²) in [5.41, 5.74) is 14.4. The van der Waals surface area contributed by atoms with Crippen molar-refractivity contribution < 1.29 is 38.1 Å². The number of primary amides is 1. The van der Waals surface area contributed by atoms with E-state index in [0.29, 0.717) is 59.1 Å². The Morgan fingerprint density at radius 1 is 1.00 bits per heavy atom. The van der Waals surface area contributed by atoms with Crippen molar-refractivity contribution in [3.8, 4) is 11.5 Å². The number of nitrogen functional groups attached to an aromatic ring is 1. The van der Waals surface area contributed by atoms with Crippen molar-refractivity contribution in [2.45, 2.75) is 73.6 Å². The van der Waals surface area contributed by atoms with Crippen LogP contribution in [0.15, 0.2) is 42.5 Å². The molecule has 2 aromatic heterocycles. The Hall–Kier alpha value is -6.26. The van der Waals surface area contributed by atoms with Gasteiger partial charge in [0.1, 0.15) is 34.0 Å². The Labute approximate surface area is 327 Å². The molecule has 0 saturated heterocycles. The maximum absolute atomic E-state index is 13.4. The molecular formula is C39H55N9O8. The standard InChI is InChI=1S/C37H49N9O8.C2H6/c1-9-46-27(17-22(2)43-46)33(48)42-35-41-26-19-24(34(49)52-8)21-29(51-7)31(26)45(35)15-11-10-13-40-30-25(38)18-23(32(39)47)20-28(30)53-16-12-14-44(6)36(50)54-37(3,4)5;1-2/h10-11,17-21,40H,9,12-16,38H2,1-8H3,(H2,39,47)(H,41,42,48);1-2H3/b11-10+;. The van der Waals surface area contributed by atoms with E-state index in [9.17, 15) is 19.2 Å². The van der Waals surface area contributed by atoms with Gasteiger partial charge in [-0.25, -0.2) is 14.6 Å². The number of ether oxygens (including phenoxy) is 4. The topological polar surface area (TPSA) is 220 Å². The molecule has 304 valence electrons. The molecule has 0 fully saturated rings. The van der Waals surface area contributed by atoms with Gasteiger partial charge in [-0.15, -0.1) is 0 Å². The van der Waals surface area contributed by atoms with Gasteiger partial charge in [-0.05, 0) is 71.4 Å². The average Bonchev–Trinajstić information content (AvgIpc) is 3.71. The van der Waals surface area contributed by atoms with Gasteiger partial charge in [0.15, 0.2) is 0 Å². The van der Waals surface area contributed by atoms with E-state index >= 15 is 0 Å². The number of hydrogen-bond donors (Lipinski definition) is 4. The minimum Gasteiger partial charge on any atom is -0.494 e. The highest BCUT2D eigenvalue weighted by atomic mass is 16.6. The zero-order valence-electron chi connectivity index (χ0n) is 33.9. The SMILES string of the molecule is CC.CCn1nc(C)cc1C(=O)Nc1nc2cc(C(=O)OC)cc(OC)c2n1C/C=C/CNc1c(N)cc(C(N)=O)cc1OCCCN(C)C(=O)OC(C)(C)C. The molecule has 0 saturated carbocycles. The number of imidazole rings is 1. The van der Waals surface area contributed by atoms with Crippen molar-refractivity contribution >= 4 is 52.2 Å². The summed E-state index contributed by atoms with van der Waals surface area (Å²) in [6.07, 6.45) is 3.71. The zero-order chi connectivity index (χ0) is 41.7. The van der Waals surface area contributed by atoms with Crippen LogP contribution in [0, 0.1) is 6.92 Å². The van der Waals surface area contributed by atoms with E-state index in [0.717, 1.165) is 0 Å². The summed E-state index contributed by atoms with van der Waals surface area (Å²) in [6.45, 7) is 14.7. The van der Waals surface area contributed by atoms with Gasteiger partial charge in [0.25, 0.3) is 5.91 Å². The van der Waals surface area contributed by atoms with Crippen LogP contribution in [0.4, 0.5) is 22.1 Å². The lowest BCUT2D eigenvalue weighted by Gasteiger charge is -2.24. The number of nitrogens with one attached hydrogen (secondary N) is 2.